The van der Waals surface area contributed by atoms with Crippen molar-refractivity contribution in [2.75, 3.05) is 0 Å². The van der Waals surface area contributed by atoms with Gasteiger partial charge in [0.1, 0.15) is 5.69 Å². The highest BCUT2D eigenvalue weighted by molar-refractivity contribution is 6.02. The number of carboxylic acids is 1. The van der Waals surface area contributed by atoms with Crippen molar-refractivity contribution in [2.24, 2.45) is 5.92 Å². The lowest BCUT2D eigenvalue weighted by atomic mass is 9.86. The highest BCUT2D eigenvalue weighted by atomic mass is 16.4. The fourth-order valence-electron chi connectivity index (χ4n) is 3.59. The minimum absolute atomic E-state index is 0.00744. The fourth-order valence-corrected chi connectivity index (χ4v) is 3.59. The molecule has 1 fully saturated rings. The van der Waals surface area contributed by atoms with Crippen LogP contribution in [-0.4, -0.2) is 33.8 Å². The summed E-state index contributed by atoms with van der Waals surface area (Å²) in [5, 5.41) is 12.0. The number of rotatable bonds is 6. The van der Waals surface area contributed by atoms with E-state index >= 15 is 0 Å². The standard InChI is InChI=1S/C18H26N2O4/c1-4-5-14-15(11(3)21)10(2)19-16(14)17(22)20-13-8-6-12(7-9-13)18(23)24/h12-13,19H,4-9H2,1-3H3,(H,20,22)(H,23,24). The van der Waals surface area contributed by atoms with Crippen molar-refractivity contribution in [3.8, 4) is 0 Å². The summed E-state index contributed by atoms with van der Waals surface area (Å²) in [5.41, 5.74) is 2.61. The van der Waals surface area contributed by atoms with Crippen LogP contribution in [0.25, 0.3) is 0 Å². The number of Topliss-reactive ketones (excluding diaryl/α,β-unsaturated/α-hetero) is 1. The highest BCUT2D eigenvalue weighted by Gasteiger charge is 2.28. The Bertz CT molecular complexity index is 640. The molecule has 6 heteroatoms. The first-order valence-corrected chi connectivity index (χ1v) is 8.61. The van der Waals surface area contributed by atoms with Gasteiger partial charge in [0.15, 0.2) is 5.78 Å². The third-order valence-electron chi connectivity index (χ3n) is 4.78. The summed E-state index contributed by atoms with van der Waals surface area (Å²) in [6.07, 6.45) is 4.04. The Morgan fingerprint density at radius 3 is 2.33 bits per heavy atom. The summed E-state index contributed by atoms with van der Waals surface area (Å²) in [6, 6.07) is -0.00744. The Hall–Kier alpha value is -2.11. The van der Waals surface area contributed by atoms with E-state index in [4.69, 9.17) is 5.11 Å². The molecule has 0 saturated heterocycles. The molecule has 0 unspecified atom stereocenters. The van der Waals surface area contributed by atoms with Gasteiger partial charge in [-0.25, -0.2) is 0 Å². The van der Waals surface area contributed by atoms with Gasteiger partial charge in [0.05, 0.1) is 5.92 Å². The molecule has 0 atom stereocenters. The Balaban J connectivity index is 2.11. The number of carboxylic acid groups (broad SMARTS) is 1. The topological polar surface area (TPSA) is 99.3 Å². The number of carbonyl (C=O) groups is 3. The molecule has 1 saturated carbocycles. The van der Waals surface area contributed by atoms with Crippen molar-refractivity contribution in [1.29, 1.82) is 0 Å². The van der Waals surface area contributed by atoms with E-state index in [0.717, 1.165) is 17.7 Å². The highest BCUT2D eigenvalue weighted by Crippen LogP contribution is 2.26. The lowest BCUT2D eigenvalue weighted by molar-refractivity contribution is -0.142. The predicted octanol–water partition coefficient (Wildman–Crippen LogP) is 2.85. The van der Waals surface area contributed by atoms with Gasteiger partial charge in [-0.15, -0.1) is 0 Å². The lowest BCUT2D eigenvalue weighted by Gasteiger charge is -2.26. The summed E-state index contributed by atoms with van der Waals surface area (Å²) >= 11 is 0. The molecule has 24 heavy (non-hydrogen) atoms. The zero-order chi connectivity index (χ0) is 17.9. The SMILES string of the molecule is CCCc1c(C(=O)NC2CCC(C(=O)O)CC2)[nH]c(C)c1C(C)=O. The van der Waals surface area contributed by atoms with Gasteiger partial charge in [-0.2, -0.15) is 0 Å². The molecule has 1 aliphatic carbocycles. The van der Waals surface area contributed by atoms with Crippen molar-refractivity contribution < 1.29 is 19.5 Å². The number of carbonyl (C=O) groups excluding carboxylic acids is 2. The molecule has 0 aliphatic heterocycles. The second-order valence-electron chi connectivity index (χ2n) is 6.64. The van der Waals surface area contributed by atoms with Gasteiger partial charge in [0, 0.05) is 17.3 Å². The Morgan fingerprint density at radius 1 is 1.21 bits per heavy atom. The van der Waals surface area contributed by atoms with E-state index in [1.54, 1.807) is 0 Å². The average Bonchev–Trinajstić information content (AvgIpc) is 2.85. The first-order valence-electron chi connectivity index (χ1n) is 8.61. The van der Waals surface area contributed by atoms with E-state index in [-0.39, 0.29) is 23.7 Å². The molecule has 1 amide bonds. The maximum absolute atomic E-state index is 12.6. The minimum atomic E-state index is -0.754. The number of aromatic amines is 1. The molecular weight excluding hydrogens is 308 g/mol. The van der Waals surface area contributed by atoms with Gasteiger partial charge >= 0.3 is 5.97 Å². The zero-order valence-electron chi connectivity index (χ0n) is 14.6. The Labute approximate surface area is 142 Å². The van der Waals surface area contributed by atoms with Crippen LogP contribution < -0.4 is 5.32 Å². The van der Waals surface area contributed by atoms with Crippen LogP contribution in [0.1, 0.15) is 78.1 Å². The Kier molecular flexibility index (Phi) is 5.80. The quantitative estimate of drug-likeness (QED) is 0.697. The van der Waals surface area contributed by atoms with Crippen LogP contribution in [0.2, 0.25) is 0 Å². The minimum Gasteiger partial charge on any atom is -0.481 e. The number of aryl methyl sites for hydroxylation is 1. The molecule has 0 radical (unpaired) electrons. The molecule has 0 spiro atoms. The molecule has 6 nitrogen and oxygen atoms in total. The third-order valence-corrected chi connectivity index (χ3v) is 4.78. The number of H-pyrrole nitrogens is 1. The maximum Gasteiger partial charge on any atom is 0.306 e. The third kappa shape index (κ3) is 3.86. The Morgan fingerprint density at radius 2 is 1.83 bits per heavy atom. The lowest BCUT2D eigenvalue weighted by Crippen LogP contribution is -2.39. The zero-order valence-corrected chi connectivity index (χ0v) is 14.6. The smallest absolute Gasteiger partial charge is 0.306 e. The van der Waals surface area contributed by atoms with E-state index in [1.165, 1.54) is 6.92 Å². The summed E-state index contributed by atoms with van der Waals surface area (Å²) in [7, 11) is 0. The van der Waals surface area contributed by atoms with Crippen LogP contribution in [0.5, 0.6) is 0 Å². The van der Waals surface area contributed by atoms with E-state index in [2.05, 4.69) is 10.3 Å². The monoisotopic (exact) mass is 334 g/mol. The van der Waals surface area contributed by atoms with Gasteiger partial charge in [-0.05, 0) is 51.5 Å². The molecule has 1 aromatic rings. The van der Waals surface area contributed by atoms with E-state index < -0.39 is 5.97 Å². The van der Waals surface area contributed by atoms with Crippen LogP contribution in [0, 0.1) is 12.8 Å². The summed E-state index contributed by atoms with van der Waals surface area (Å²) in [4.78, 5) is 38.6. The van der Waals surface area contributed by atoms with E-state index in [0.29, 0.717) is 43.4 Å². The molecule has 1 aromatic heterocycles. The molecule has 0 aromatic carbocycles. The number of ketones is 1. The molecule has 132 valence electrons. The number of nitrogens with one attached hydrogen (secondary N) is 2. The summed E-state index contributed by atoms with van der Waals surface area (Å²) < 4.78 is 0. The maximum atomic E-state index is 12.6. The van der Waals surface area contributed by atoms with Crippen molar-refractivity contribution in [1.82, 2.24) is 10.3 Å². The van der Waals surface area contributed by atoms with Gasteiger partial charge in [-0.3, -0.25) is 14.4 Å². The molecule has 1 heterocycles. The van der Waals surface area contributed by atoms with E-state index in [9.17, 15) is 14.4 Å². The fraction of sp³-hybridized carbons (Fsp3) is 0.611. The molecule has 0 bridgehead atoms. The molecule has 2 rings (SSSR count). The second kappa shape index (κ2) is 7.64. The summed E-state index contributed by atoms with van der Waals surface area (Å²) in [6.45, 7) is 5.34. The average molecular weight is 334 g/mol. The van der Waals surface area contributed by atoms with Crippen LogP contribution >= 0.6 is 0 Å². The largest absolute Gasteiger partial charge is 0.481 e. The number of aliphatic carboxylic acids is 1. The normalized spacial score (nSPS) is 20.6. The number of hydrogen-bond donors (Lipinski definition) is 3. The number of amides is 1. The van der Waals surface area contributed by atoms with Gasteiger partial charge in [0.2, 0.25) is 0 Å². The number of aromatic nitrogens is 1. The molecular formula is C18H26N2O4. The second-order valence-corrected chi connectivity index (χ2v) is 6.64. The molecule has 1 aliphatic rings. The first-order chi connectivity index (χ1) is 11.3. The number of hydrogen-bond acceptors (Lipinski definition) is 3. The van der Waals surface area contributed by atoms with Crippen LogP contribution in [0.15, 0.2) is 0 Å². The van der Waals surface area contributed by atoms with Gasteiger partial charge in [-0.1, -0.05) is 13.3 Å². The molecule has 3 N–H and O–H groups in total. The first kappa shape index (κ1) is 18.2. The van der Waals surface area contributed by atoms with Crippen LogP contribution in [0.3, 0.4) is 0 Å². The van der Waals surface area contributed by atoms with Gasteiger partial charge in [0.25, 0.3) is 5.91 Å². The van der Waals surface area contributed by atoms with Crippen LogP contribution in [0.4, 0.5) is 0 Å². The van der Waals surface area contributed by atoms with Crippen molar-refractivity contribution in [3.05, 3.63) is 22.5 Å². The van der Waals surface area contributed by atoms with Crippen molar-refractivity contribution >= 4 is 17.7 Å². The van der Waals surface area contributed by atoms with Crippen molar-refractivity contribution in [2.45, 2.75) is 65.3 Å². The summed E-state index contributed by atoms with van der Waals surface area (Å²) in [5.74, 6) is -1.29. The predicted molar refractivity (Wildman–Crippen MR) is 90.4 cm³/mol. The van der Waals surface area contributed by atoms with E-state index in [1.807, 2.05) is 13.8 Å². The van der Waals surface area contributed by atoms with Crippen molar-refractivity contribution in [3.63, 3.8) is 0 Å². The van der Waals surface area contributed by atoms with Gasteiger partial charge < -0.3 is 15.4 Å². The van der Waals surface area contributed by atoms with Crippen LogP contribution in [-0.2, 0) is 11.2 Å².